The van der Waals surface area contributed by atoms with Gasteiger partial charge in [0.15, 0.2) is 5.60 Å². The van der Waals surface area contributed by atoms with Crippen LogP contribution >= 0.6 is 0 Å². The van der Waals surface area contributed by atoms with Crippen molar-refractivity contribution < 1.29 is 52.3 Å². The molecule has 0 spiro atoms. The number of carboxylic acids is 3. The molecule has 0 aliphatic rings. The van der Waals surface area contributed by atoms with E-state index in [-0.39, 0.29) is 6.15 Å². The van der Waals surface area contributed by atoms with E-state index in [0.717, 1.165) is 0 Å². The first-order valence-electron chi connectivity index (χ1n) is 3.87. The maximum Gasteiger partial charge on any atom is 0.394 e. The van der Waals surface area contributed by atoms with Crippen LogP contribution < -0.4 is 6.15 Å². The lowest BCUT2D eigenvalue weighted by atomic mass is 9.96. The minimum Gasteiger partial charge on any atom is -0.481 e. The van der Waals surface area contributed by atoms with Crippen LogP contribution in [0.5, 0.6) is 0 Å². The van der Waals surface area contributed by atoms with Crippen LogP contribution in [0.25, 0.3) is 0 Å². The molecule has 0 saturated heterocycles. The van der Waals surface area contributed by atoms with E-state index < -0.39 is 46.7 Å². The average Bonchev–Trinajstić information content (AvgIpc) is 1.95. The molecule has 0 atom stereocenters. The summed E-state index contributed by atoms with van der Waals surface area (Å²) in [5.41, 5.74) is -2.74. The molecule has 13 heteroatoms. The van der Waals surface area contributed by atoms with Gasteiger partial charge in [-0.1, -0.05) is 0 Å². The van der Waals surface area contributed by atoms with Crippen molar-refractivity contribution in [3.63, 3.8) is 0 Å². The van der Waals surface area contributed by atoms with Gasteiger partial charge in [-0.15, -0.1) is 0 Å². The zero-order valence-corrected chi connectivity index (χ0v) is 10.1. The summed E-state index contributed by atoms with van der Waals surface area (Å²) < 4.78 is 31.6. The zero-order valence-electron chi connectivity index (χ0n) is 9.25. The number of rotatable bonds is 5. The second kappa shape index (κ2) is 8.33. The molecule has 0 aromatic heterocycles. The molecule has 0 amide bonds. The molecule has 0 heterocycles. The van der Waals surface area contributed by atoms with Crippen molar-refractivity contribution in [1.29, 1.82) is 0 Å². The van der Waals surface area contributed by atoms with Crippen LogP contribution in [0.4, 0.5) is 0 Å². The first kappa shape index (κ1) is 22.4. The fourth-order valence-corrected chi connectivity index (χ4v) is 0.714. The first-order valence-corrected chi connectivity index (χ1v) is 5.27. The van der Waals surface area contributed by atoms with Crippen molar-refractivity contribution in [2.45, 2.75) is 18.4 Å². The average molecular weight is 307 g/mol. The SMILES string of the molecule is N.O=C(O)CC(O)(CC(=O)O)C(=O)O.O=S(=O)(O)O. The molecular formula is C6H13NO11S. The fraction of sp³-hybridized carbons (Fsp3) is 0.500. The highest BCUT2D eigenvalue weighted by atomic mass is 32.3. The van der Waals surface area contributed by atoms with Gasteiger partial charge in [-0.05, 0) is 0 Å². The molecular weight excluding hydrogens is 294 g/mol. The normalized spacial score (nSPS) is 10.5. The molecule has 0 bridgehead atoms. The Balaban J connectivity index is -0.000000366. The molecule has 0 rings (SSSR count). The lowest BCUT2D eigenvalue weighted by Crippen LogP contribution is -2.42. The van der Waals surface area contributed by atoms with Gasteiger partial charge in [0.05, 0.1) is 12.8 Å². The Morgan fingerprint density at radius 1 is 0.895 bits per heavy atom. The van der Waals surface area contributed by atoms with Gasteiger partial charge in [-0.25, -0.2) is 4.79 Å². The third-order valence-corrected chi connectivity index (χ3v) is 1.29. The Morgan fingerprint density at radius 3 is 1.21 bits per heavy atom. The van der Waals surface area contributed by atoms with E-state index in [0.29, 0.717) is 0 Å². The van der Waals surface area contributed by atoms with Crippen LogP contribution in [0.2, 0.25) is 0 Å². The van der Waals surface area contributed by atoms with E-state index in [4.69, 9.17) is 37.9 Å². The lowest BCUT2D eigenvalue weighted by Gasteiger charge is -2.18. The topological polar surface area (TPSA) is 242 Å². The number of aliphatic carboxylic acids is 3. The summed E-state index contributed by atoms with van der Waals surface area (Å²) in [4.78, 5) is 30.5. The van der Waals surface area contributed by atoms with Crippen LogP contribution in [0.3, 0.4) is 0 Å². The molecule has 114 valence electrons. The van der Waals surface area contributed by atoms with Gasteiger partial charge in [-0.2, -0.15) is 8.42 Å². The van der Waals surface area contributed by atoms with Crippen molar-refractivity contribution in [2.75, 3.05) is 0 Å². The lowest BCUT2D eigenvalue weighted by molar-refractivity contribution is -0.170. The van der Waals surface area contributed by atoms with E-state index >= 15 is 0 Å². The molecule has 0 aromatic carbocycles. The van der Waals surface area contributed by atoms with E-state index in [1.165, 1.54) is 0 Å². The molecule has 0 aliphatic carbocycles. The Labute approximate surface area is 106 Å². The molecule has 0 aliphatic heterocycles. The van der Waals surface area contributed by atoms with Crippen LogP contribution in [-0.2, 0) is 24.8 Å². The molecule has 0 radical (unpaired) electrons. The predicted octanol–water partition coefficient (Wildman–Crippen LogP) is -1.74. The highest BCUT2D eigenvalue weighted by Crippen LogP contribution is 2.15. The third-order valence-electron chi connectivity index (χ3n) is 1.29. The van der Waals surface area contributed by atoms with Crippen molar-refractivity contribution in [3.8, 4) is 0 Å². The Morgan fingerprint density at radius 2 is 1.11 bits per heavy atom. The van der Waals surface area contributed by atoms with Crippen LogP contribution in [0.15, 0.2) is 0 Å². The van der Waals surface area contributed by atoms with Crippen molar-refractivity contribution >= 4 is 28.3 Å². The summed E-state index contributed by atoms with van der Waals surface area (Å²) in [5, 5.41) is 33.8. The summed E-state index contributed by atoms with van der Waals surface area (Å²) in [7, 11) is -4.67. The largest absolute Gasteiger partial charge is 0.481 e. The fourth-order valence-electron chi connectivity index (χ4n) is 0.714. The second-order valence-electron chi connectivity index (χ2n) is 2.93. The van der Waals surface area contributed by atoms with Gasteiger partial charge >= 0.3 is 28.3 Å². The number of carboxylic acid groups (broad SMARTS) is 3. The first-order chi connectivity index (χ1) is 7.78. The van der Waals surface area contributed by atoms with Gasteiger partial charge in [0.1, 0.15) is 0 Å². The molecule has 9 N–H and O–H groups in total. The van der Waals surface area contributed by atoms with Crippen molar-refractivity contribution in [3.05, 3.63) is 0 Å². The third kappa shape index (κ3) is 16.2. The van der Waals surface area contributed by atoms with Gasteiger partial charge in [-0.3, -0.25) is 18.7 Å². The summed E-state index contributed by atoms with van der Waals surface area (Å²) >= 11 is 0. The van der Waals surface area contributed by atoms with Crippen LogP contribution in [0, 0.1) is 0 Å². The number of aliphatic hydroxyl groups is 1. The Bertz CT molecular complexity index is 402. The summed E-state index contributed by atoms with van der Waals surface area (Å²) in [5.74, 6) is -5.02. The van der Waals surface area contributed by atoms with Crippen molar-refractivity contribution in [1.82, 2.24) is 6.15 Å². The quantitative estimate of drug-likeness (QED) is 0.280. The van der Waals surface area contributed by atoms with E-state index in [9.17, 15) is 14.4 Å². The highest BCUT2D eigenvalue weighted by molar-refractivity contribution is 7.79. The maximum atomic E-state index is 10.3. The predicted molar refractivity (Wildman–Crippen MR) is 56.3 cm³/mol. The van der Waals surface area contributed by atoms with Gasteiger partial charge < -0.3 is 26.6 Å². The molecule has 19 heavy (non-hydrogen) atoms. The standard InChI is InChI=1S/C6H8O7.H3N.H2O4S/c7-3(8)1-6(13,5(11)12)2-4(9)10;;1-5(2,3)4/h13H,1-2H2,(H,7,8)(H,9,10)(H,11,12);1H3;(H2,1,2,3,4). The number of carbonyl (C=O) groups is 3. The summed E-state index contributed by atoms with van der Waals surface area (Å²) in [6.45, 7) is 0. The van der Waals surface area contributed by atoms with Crippen LogP contribution in [0.1, 0.15) is 12.8 Å². The second-order valence-corrected chi connectivity index (χ2v) is 3.82. The summed E-state index contributed by atoms with van der Waals surface area (Å²) in [6, 6.07) is 0. The van der Waals surface area contributed by atoms with E-state index in [1.807, 2.05) is 0 Å². The minimum atomic E-state index is -4.67. The van der Waals surface area contributed by atoms with Gasteiger partial charge in [0.25, 0.3) is 0 Å². The molecule has 12 nitrogen and oxygen atoms in total. The molecule has 0 fully saturated rings. The monoisotopic (exact) mass is 307 g/mol. The molecule has 0 unspecified atom stereocenters. The molecule has 0 aromatic rings. The number of hydrogen-bond donors (Lipinski definition) is 7. The van der Waals surface area contributed by atoms with E-state index in [1.54, 1.807) is 0 Å². The van der Waals surface area contributed by atoms with Crippen molar-refractivity contribution in [2.24, 2.45) is 0 Å². The number of hydrogen-bond acceptors (Lipinski definition) is 7. The maximum absolute atomic E-state index is 10.3. The van der Waals surface area contributed by atoms with Gasteiger partial charge in [0, 0.05) is 0 Å². The highest BCUT2D eigenvalue weighted by Gasteiger charge is 2.40. The molecule has 0 saturated carbocycles. The van der Waals surface area contributed by atoms with Crippen LogP contribution in [-0.4, -0.2) is 61.5 Å². The van der Waals surface area contributed by atoms with E-state index in [2.05, 4.69) is 0 Å². The van der Waals surface area contributed by atoms with Gasteiger partial charge in [0.2, 0.25) is 0 Å². The summed E-state index contributed by atoms with van der Waals surface area (Å²) in [6.07, 6.45) is -2.29. The zero-order chi connectivity index (χ0) is 15.1. The smallest absolute Gasteiger partial charge is 0.394 e. The Kier molecular flexibility index (Phi) is 9.81. The Hall–Kier alpha value is -1.80. The minimum absolute atomic E-state index is 0.